The van der Waals surface area contributed by atoms with Crippen LogP contribution in [0.4, 0.5) is 0 Å². The zero-order valence-electron chi connectivity index (χ0n) is 14.6. The van der Waals surface area contributed by atoms with Gasteiger partial charge in [0.2, 0.25) is 0 Å². The maximum Gasteiger partial charge on any atom is -0.00147 e. The minimum absolute atomic E-state index is 0.489. The highest BCUT2D eigenvalue weighted by molar-refractivity contribution is 5.34. The smallest absolute Gasteiger partial charge is 0.00147 e. The molecule has 1 fully saturated rings. The highest BCUT2D eigenvalue weighted by Crippen LogP contribution is 2.47. The normalized spacial score (nSPS) is 25.0. The molecular weight excluding hydrogens is 254 g/mol. The molecule has 1 aliphatic rings. The molecule has 0 bridgehead atoms. The maximum absolute atomic E-state index is 3.66. The summed E-state index contributed by atoms with van der Waals surface area (Å²) in [5.74, 6) is 1.52. The van der Waals surface area contributed by atoms with Gasteiger partial charge in [0.05, 0.1) is 0 Å². The molecule has 118 valence electrons. The number of hydrogen-bond donors (Lipinski definition) is 1. The van der Waals surface area contributed by atoms with Crippen molar-refractivity contribution in [2.75, 3.05) is 13.1 Å². The van der Waals surface area contributed by atoms with Gasteiger partial charge in [-0.05, 0) is 81.0 Å². The first kappa shape index (κ1) is 16.5. The van der Waals surface area contributed by atoms with Crippen molar-refractivity contribution in [3.05, 3.63) is 34.9 Å². The number of aryl methyl sites for hydroxylation is 2. The molecule has 1 nitrogen and oxygen atoms in total. The van der Waals surface area contributed by atoms with E-state index in [-0.39, 0.29) is 0 Å². The minimum atomic E-state index is 0.489. The van der Waals surface area contributed by atoms with Gasteiger partial charge in [-0.2, -0.15) is 0 Å². The molecule has 2 unspecified atom stereocenters. The topological polar surface area (TPSA) is 12.0 Å². The Bertz CT molecular complexity index is 461. The SMILES string of the molecule is CCCNCC1CCC(C)(C)CC1c1ccc(C)cc1C. The third-order valence-corrected chi connectivity index (χ3v) is 5.19. The van der Waals surface area contributed by atoms with Crippen LogP contribution in [-0.4, -0.2) is 13.1 Å². The Kier molecular flexibility index (Phi) is 5.48. The van der Waals surface area contributed by atoms with Gasteiger partial charge in [-0.3, -0.25) is 0 Å². The summed E-state index contributed by atoms with van der Waals surface area (Å²) < 4.78 is 0. The molecule has 1 aromatic rings. The maximum atomic E-state index is 3.66. The lowest BCUT2D eigenvalue weighted by molar-refractivity contribution is 0.159. The predicted molar refractivity (Wildman–Crippen MR) is 92.9 cm³/mol. The van der Waals surface area contributed by atoms with E-state index in [0.29, 0.717) is 5.41 Å². The quantitative estimate of drug-likeness (QED) is 0.733. The standard InChI is InChI=1S/C20H33N/c1-6-11-21-14-17-9-10-20(4,5)13-19(17)18-8-7-15(2)12-16(18)3/h7-8,12,17,19,21H,6,9-11,13-14H2,1-5H3. The number of benzene rings is 1. The van der Waals surface area contributed by atoms with Crippen LogP contribution in [0.2, 0.25) is 0 Å². The van der Waals surface area contributed by atoms with Crippen molar-refractivity contribution in [2.24, 2.45) is 11.3 Å². The van der Waals surface area contributed by atoms with E-state index in [2.05, 4.69) is 58.1 Å². The molecule has 21 heavy (non-hydrogen) atoms. The molecule has 0 spiro atoms. The van der Waals surface area contributed by atoms with Crippen LogP contribution in [0, 0.1) is 25.2 Å². The van der Waals surface area contributed by atoms with E-state index in [4.69, 9.17) is 0 Å². The van der Waals surface area contributed by atoms with E-state index < -0.39 is 0 Å². The molecule has 0 heterocycles. The second-order valence-corrected chi connectivity index (χ2v) is 7.84. The fourth-order valence-corrected chi connectivity index (χ4v) is 3.96. The third-order valence-electron chi connectivity index (χ3n) is 5.19. The predicted octanol–water partition coefficient (Wildman–Crippen LogP) is 5.21. The summed E-state index contributed by atoms with van der Waals surface area (Å²) in [7, 11) is 0. The van der Waals surface area contributed by atoms with Crippen molar-refractivity contribution in [2.45, 2.75) is 66.2 Å². The lowest BCUT2D eigenvalue weighted by atomic mass is 9.64. The van der Waals surface area contributed by atoms with E-state index in [1.807, 2.05) is 0 Å². The van der Waals surface area contributed by atoms with E-state index >= 15 is 0 Å². The lowest BCUT2D eigenvalue weighted by Gasteiger charge is -2.42. The van der Waals surface area contributed by atoms with Crippen molar-refractivity contribution in [3.8, 4) is 0 Å². The van der Waals surface area contributed by atoms with Crippen molar-refractivity contribution >= 4 is 0 Å². The number of hydrogen-bond acceptors (Lipinski definition) is 1. The van der Waals surface area contributed by atoms with E-state index in [1.165, 1.54) is 43.4 Å². The zero-order valence-corrected chi connectivity index (χ0v) is 14.6. The largest absolute Gasteiger partial charge is 0.316 e. The molecule has 1 heteroatoms. The van der Waals surface area contributed by atoms with Crippen molar-refractivity contribution in [1.82, 2.24) is 5.32 Å². The summed E-state index contributed by atoms with van der Waals surface area (Å²) >= 11 is 0. The van der Waals surface area contributed by atoms with Gasteiger partial charge < -0.3 is 5.32 Å². The summed E-state index contributed by atoms with van der Waals surface area (Å²) in [4.78, 5) is 0. The second kappa shape index (κ2) is 6.96. The van der Waals surface area contributed by atoms with E-state index in [0.717, 1.165) is 18.4 Å². The molecular formula is C20H33N. The number of nitrogens with one attached hydrogen (secondary N) is 1. The zero-order chi connectivity index (χ0) is 15.5. The van der Waals surface area contributed by atoms with Crippen LogP contribution in [0.15, 0.2) is 18.2 Å². The molecule has 1 aliphatic carbocycles. The molecule has 0 aliphatic heterocycles. The Hall–Kier alpha value is -0.820. The monoisotopic (exact) mass is 287 g/mol. The van der Waals surface area contributed by atoms with Crippen LogP contribution in [0.1, 0.15) is 69.1 Å². The first-order chi connectivity index (χ1) is 9.93. The van der Waals surface area contributed by atoms with Crippen LogP contribution in [0.25, 0.3) is 0 Å². The van der Waals surface area contributed by atoms with Crippen molar-refractivity contribution < 1.29 is 0 Å². The van der Waals surface area contributed by atoms with Gasteiger partial charge in [-0.1, -0.05) is 44.5 Å². The van der Waals surface area contributed by atoms with E-state index in [1.54, 1.807) is 5.56 Å². The summed E-state index contributed by atoms with van der Waals surface area (Å²) in [5.41, 5.74) is 4.95. The molecule has 0 amide bonds. The third kappa shape index (κ3) is 4.32. The van der Waals surface area contributed by atoms with Crippen molar-refractivity contribution in [3.63, 3.8) is 0 Å². The average Bonchev–Trinajstić information content (AvgIpc) is 2.40. The molecule has 2 rings (SSSR count). The Labute approximate surface area is 131 Å². The van der Waals surface area contributed by atoms with Gasteiger partial charge >= 0.3 is 0 Å². The van der Waals surface area contributed by atoms with Crippen LogP contribution in [0.3, 0.4) is 0 Å². The summed E-state index contributed by atoms with van der Waals surface area (Å²) in [5, 5.41) is 3.66. The molecule has 1 aromatic carbocycles. The fraction of sp³-hybridized carbons (Fsp3) is 0.700. The van der Waals surface area contributed by atoms with Gasteiger partial charge in [0.25, 0.3) is 0 Å². The van der Waals surface area contributed by atoms with Gasteiger partial charge in [-0.25, -0.2) is 0 Å². The fourth-order valence-electron chi connectivity index (χ4n) is 3.96. The molecule has 0 aromatic heterocycles. The van der Waals surface area contributed by atoms with Gasteiger partial charge in [0.1, 0.15) is 0 Å². The number of rotatable bonds is 5. The molecule has 2 atom stereocenters. The Morgan fingerprint density at radius 2 is 2.00 bits per heavy atom. The summed E-state index contributed by atoms with van der Waals surface area (Å²) in [6.45, 7) is 14.0. The summed E-state index contributed by atoms with van der Waals surface area (Å²) in [6.07, 6.45) is 5.29. The van der Waals surface area contributed by atoms with Gasteiger partial charge in [-0.15, -0.1) is 0 Å². The molecule has 0 radical (unpaired) electrons. The highest BCUT2D eigenvalue weighted by Gasteiger charge is 2.35. The van der Waals surface area contributed by atoms with Gasteiger partial charge in [0, 0.05) is 0 Å². The van der Waals surface area contributed by atoms with Crippen LogP contribution in [0.5, 0.6) is 0 Å². The molecule has 1 N–H and O–H groups in total. The second-order valence-electron chi connectivity index (χ2n) is 7.84. The first-order valence-electron chi connectivity index (χ1n) is 8.71. The van der Waals surface area contributed by atoms with Crippen molar-refractivity contribution in [1.29, 1.82) is 0 Å². The van der Waals surface area contributed by atoms with Crippen LogP contribution in [-0.2, 0) is 0 Å². The van der Waals surface area contributed by atoms with Crippen LogP contribution < -0.4 is 5.32 Å². The van der Waals surface area contributed by atoms with E-state index in [9.17, 15) is 0 Å². The Morgan fingerprint density at radius 3 is 2.67 bits per heavy atom. The average molecular weight is 287 g/mol. The minimum Gasteiger partial charge on any atom is -0.316 e. The molecule has 1 saturated carbocycles. The lowest BCUT2D eigenvalue weighted by Crippen LogP contribution is -2.35. The Morgan fingerprint density at radius 1 is 1.24 bits per heavy atom. The summed E-state index contributed by atoms with van der Waals surface area (Å²) in [6, 6.07) is 7.04. The first-order valence-corrected chi connectivity index (χ1v) is 8.71. The highest BCUT2D eigenvalue weighted by atomic mass is 14.9. The molecule has 0 saturated heterocycles. The van der Waals surface area contributed by atoms with Gasteiger partial charge in [0.15, 0.2) is 0 Å². The van der Waals surface area contributed by atoms with Crippen LogP contribution >= 0.6 is 0 Å². The Balaban J connectivity index is 2.20.